The second-order valence-corrected chi connectivity index (χ2v) is 11.7. The fourth-order valence-corrected chi connectivity index (χ4v) is 5.41. The number of primary amides is 1. The number of nitrogens with zero attached hydrogens (tertiary/aromatic N) is 5. The lowest BCUT2D eigenvalue weighted by atomic mass is 9.94. The molecule has 9 nitrogen and oxygen atoms in total. The molecule has 4 rings (SSSR count). The number of amides is 2. The van der Waals surface area contributed by atoms with Crippen molar-refractivity contribution in [1.82, 2.24) is 14.8 Å². The van der Waals surface area contributed by atoms with Crippen LogP contribution >= 0.6 is 33.4 Å². The highest BCUT2D eigenvalue weighted by Gasteiger charge is 2.66. The standard InChI is InChI=1S/C21H15Cl2F5N6O3S/c22-13-7-12(38(24,25,26,27)28)8-14(23)17(13)34-18(33(20(36)37)10-11-1-5-31-6-2-11)16(15(9-29)32-34)21(3-4-21)19(30)35/h1-2,5-8H,3-4,10H2,(H2,30,35)(H,36,37). The summed E-state index contributed by atoms with van der Waals surface area (Å²) < 4.78 is 67.9. The number of benzene rings is 1. The van der Waals surface area contributed by atoms with Crippen molar-refractivity contribution in [3.63, 3.8) is 0 Å². The molecule has 1 aliphatic carbocycles. The van der Waals surface area contributed by atoms with E-state index in [0.717, 1.165) is 0 Å². The summed E-state index contributed by atoms with van der Waals surface area (Å²) in [6.45, 7) is -0.408. The van der Waals surface area contributed by atoms with Gasteiger partial charge >= 0.3 is 16.3 Å². The number of carboxylic acid groups (broad SMARTS) is 1. The molecule has 1 aliphatic rings. The zero-order valence-corrected chi connectivity index (χ0v) is 21.0. The van der Waals surface area contributed by atoms with E-state index in [4.69, 9.17) is 28.9 Å². The van der Waals surface area contributed by atoms with Crippen molar-refractivity contribution < 1.29 is 34.1 Å². The van der Waals surface area contributed by atoms with Crippen molar-refractivity contribution in [2.24, 2.45) is 5.73 Å². The topological polar surface area (TPSA) is 138 Å². The van der Waals surface area contributed by atoms with Gasteiger partial charge in [0.2, 0.25) is 5.91 Å². The Morgan fingerprint density at radius 2 is 1.71 bits per heavy atom. The highest BCUT2D eigenvalue weighted by Crippen LogP contribution is 3.02. The second-order valence-electron chi connectivity index (χ2n) is 8.45. The molecule has 3 N–H and O–H groups in total. The van der Waals surface area contributed by atoms with Crippen LogP contribution in [0.5, 0.6) is 0 Å². The highest BCUT2D eigenvalue weighted by molar-refractivity contribution is 8.45. The zero-order chi connectivity index (χ0) is 28.3. The Kier molecular flexibility index (Phi) is 5.91. The first kappa shape index (κ1) is 27.4. The molecule has 1 saturated carbocycles. The Morgan fingerprint density at radius 3 is 2.13 bits per heavy atom. The van der Waals surface area contributed by atoms with Crippen molar-refractivity contribution in [2.45, 2.75) is 29.7 Å². The van der Waals surface area contributed by atoms with E-state index in [1.807, 2.05) is 0 Å². The number of rotatable bonds is 7. The lowest BCUT2D eigenvalue weighted by Gasteiger charge is -2.40. The number of carbonyl (C=O) groups is 2. The number of aromatic nitrogens is 3. The Balaban J connectivity index is 2.06. The Hall–Kier alpha value is -3.61. The van der Waals surface area contributed by atoms with E-state index in [0.29, 0.717) is 15.1 Å². The average molecular weight is 597 g/mol. The maximum atomic E-state index is 13.4. The van der Waals surface area contributed by atoms with E-state index < -0.39 is 66.3 Å². The molecule has 0 unspecified atom stereocenters. The third-order valence-corrected chi connectivity index (χ3v) is 7.59. The summed E-state index contributed by atoms with van der Waals surface area (Å²) in [5.74, 6) is -1.37. The van der Waals surface area contributed by atoms with Crippen LogP contribution < -0.4 is 10.6 Å². The number of anilines is 1. The molecule has 38 heavy (non-hydrogen) atoms. The summed E-state index contributed by atoms with van der Waals surface area (Å²) in [5, 5.41) is 21.9. The van der Waals surface area contributed by atoms with Crippen LogP contribution in [0.25, 0.3) is 5.69 Å². The summed E-state index contributed by atoms with van der Waals surface area (Å²) in [6.07, 6.45) is 1.34. The monoisotopic (exact) mass is 596 g/mol. The largest absolute Gasteiger partial charge is 0.465 e. The first-order valence-electron chi connectivity index (χ1n) is 10.4. The molecule has 0 bridgehead atoms. The van der Waals surface area contributed by atoms with E-state index in [1.54, 1.807) is 6.07 Å². The van der Waals surface area contributed by atoms with Crippen LogP contribution in [0.4, 0.5) is 30.0 Å². The molecule has 3 aromatic rings. The molecule has 202 valence electrons. The Labute approximate surface area is 220 Å². The first-order chi connectivity index (χ1) is 17.4. The lowest BCUT2D eigenvalue weighted by Crippen LogP contribution is -2.35. The van der Waals surface area contributed by atoms with Crippen LogP contribution in [0.1, 0.15) is 29.7 Å². The van der Waals surface area contributed by atoms with Gasteiger partial charge in [-0.1, -0.05) is 42.6 Å². The fraction of sp³-hybridized carbons (Fsp3) is 0.190. The van der Waals surface area contributed by atoms with Crippen LogP contribution in [0.3, 0.4) is 0 Å². The highest BCUT2D eigenvalue weighted by atomic mass is 35.5. The number of halogens is 7. The van der Waals surface area contributed by atoms with Gasteiger partial charge in [-0.25, -0.2) is 9.48 Å². The Bertz CT molecular complexity index is 1520. The average Bonchev–Trinajstić information content (AvgIpc) is 3.52. The van der Waals surface area contributed by atoms with Crippen molar-refractivity contribution >= 4 is 51.2 Å². The Morgan fingerprint density at radius 1 is 1.16 bits per heavy atom. The van der Waals surface area contributed by atoms with Crippen molar-refractivity contribution in [1.29, 1.82) is 5.26 Å². The molecule has 1 aromatic carbocycles. The number of nitriles is 1. The third kappa shape index (κ3) is 4.82. The molecule has 1 fully saturated rings. The van der Waals surface area contributed by atoms with Crippen LogP contribution in [-0.2, 0) is 16.8 Å². The SMILES string of the molecule is N#Cc1nn(-c2c(Cl)cc(S(F)(F)(F)(F)F)cc2Cl)c(N(Cc2ccncc2)C(=O)O)c1C1(C(N)=O)CC1. The van der Waals surface area contributed by atoms with Gasteiger partial charge in [0.15, 0.2) is 5.69 Å². The van der Waals surface area contributed by atoms with E-state index in [-0.39, 0.29) is 30.5 Å². The minimum Gasteiger partial charge on any atom is -0.465 e. The van der Waals surface area contributed by atoms with Crippen molar-refractivity contribution in [3.8, 4) is 11.8 Å². The van der Waals surface area contributed by atoms with Gasteiger partial charge in [-0.15, -0.1) is 0 Å². The summed E-state index contributed by atoms with van der Waals surface area (Å²) in [6, 6.07) is 4.50. The van der Waals surface area contributed by atoms with Gasteiger partial charge in [0.1, 0.15) is 22.5 Å². The second kappa shape index (κ2) is 8.19. The van der Waals surface area contributed by atoms with Gasteiger partial charge in [-0.2, -0.15) is 10.4 Å². The minimum absolute atomic E-state index is 0.0730. The molecule has 0 aliphatic heterocycles. The van der Waals surface area contributed by atoms with Gasteiger partial charge < -0.3 is 10.8 Å². The number of nitrogens with two attached hydrogens (primary N) is 1. The number of hydrogen-bond donors (Lipinski definition) is 2. The molecule has 2 aromatic heterocycles. The van der Waals surface area contributed by atoms with E-state index in [1.165, 1.54) is 24.5 Å². The molecular formula is C21H15Cl2F5N6O3S. The van der Waals surface area contributed by atoms with Crippen molar-refractivity contribution in [3.05, 3.63) is 63.5 Å². The van der Waals surface area contributed by atoms with E-state index in [9.17, 15) is 39.4 Å². The van der Waals surface area contributed by atoms with Gasteiger partial charge in [-0.05, 0) is 42.7 Å². The summed E-state index contributed by atoms with van der Waals surface area (Å²) in [7, 11) is -10.2. The van der Waals surface area contributed by atoms with E-state index in [2.05, 4.69) is 10.1 Å². The molecule has 2 amide bonds. The lowest BCUT2D eigenvalue weighted by molar-refractivity contribution is -0.120. The number of carbonyl (C=O) groups excluding carboxylic acids is 1. The normalized spacial score (nSPS) is 16.2. The molecule has 2 heterocycles. The maximum absolute atomic E-state index is 13.4. The molecule has 17 heteroatoms. The van der Waals surface area contributed by atoms with E-state index >= 15 is 0 Å². The van der Waals surface area contributed by atoms with Crippen molar-refractivity contribution in [2.75, 3.05) is 4.90 Å². The van der Waals surface area contributed by atoms with Gasteiger partial charge in [0.05, 0.1) is 22.0 Å². The smallest absolute Gasteiger partial charge is 0.413 e. The fourth-order valence-electron chi connectivity index (χ4n) is 3.95. The van der Waals surface area contributed by atoms with Gasteiger partial charge in [0.25, 0.3) is 0 Å². The number of pyridine rings is 1. The first-order valence-corrected chi connectivity index (χ1v) is 13.1. The van der Waals surface area contributed by atoms with Crippen LogP contribution in [0.15, 0.2) is 41.6 Å². The van der Waals surface area contributed by atoms with Crippen LogP contribution in [0, 0.1) is 11.3 Å². The van der Waals surface area contributed by atoms with Crippen LogP contribution in [0.2, 0.25) is 10.0 Å². The third-order valence-electron chi connectivity index (χ3n) is 5.89. The van der Waals surface area contributed by atoms with Gasteiger partial charge in [0, 0.05) is 18.0 Å². The summed E-state index contributed by atoms with van der Waals surface area (Å²) >= 11 is 12.0. The summed E-state index contributed by atoms with van der Waals surface area (Å²) in [4.78, 5) is 27.0. The minimum atomic E-state index is -10.2. The molecule has 0 atom stereocenters. The molecular weight excluding hydrogens is 582 g/mol. The molecule has 0 radical (unpaired) electrons. The predicted octanol–water partition coefficient (Wildman–Crippen LogP) is 6.30. The summed E-state index contributed by atoms with van der Waals surface area (Å²) in [5.41, 5.74) is 3.11. The quantitative estimate of drug-likeness (QED) is 0.307. The number of hydrogen-bond acceptors (Lipinski definition) is 5. The predicted molar refractivity (Wildman–Crippen MR) is 128 cm³/mol. The zero-order valence-electron chi connectivity index (χ0n) is 18.7. The van der Waals surface area contributed by atoms with Gasteiger partial charge in [-0.3, -0.25) is 14.7 Å². The molecule has 0 saturated heterocycles. The maximum Gasteiger partial charge on any atom is 0.413 e. The molecule has 0 spiro atoms. The van der Waals surface area contributed by atoms with Crippen LogP contribution in [-0.4, -0.2) is 31.9 Å².